The van der Waals surface area contributed by atoms with Gasteiger partial charge >= 0.3 is 0 Å². The Morgan fingerprint density at radius 3 is 2.81 bits per heavy atom. The Bertz CT molecular complexity index is 286. The summed E-state index contributed by atoms with van der Waals surface area (Å²) < 4.78 is 0. The summed E-state index contributed by atoms with van der Waals surface area (Å²) in [6.07, 6.45) is 6.18. The van der Waals surface area contributed by atoms with Crippen LogP contribution in [0.5, 0.6) is 0 Å². The van der Waals surface area contributed by atoms with E-state index in [9.17, 15) is 0 Å². The Morgan fingerprint density at radius 2 is 2.25 bits per heavy atom. The maximum absolute atomic E-state index is 4.05. The van der Waals surface area contributed by atoms with Gasteiger partial charge in [-0.25, -0.2) is 4.98 Å². The molecule has 4 nitrogen and oxygen atoms in total. The molecule has 1 aliphatic heterocycles. The van der Waals surface area contributed by atoms with Crippen LogP contribution in [0.3, 0.4) is 0 Å². The monoisotopic (exact) mass is 222 g/mol. The normalized spacial score (nSPS) is 19.4. The highest BCUT2D eigenvalue weighted by Gasteiger charge is 2.19. The second kappa shape index (κ2) is 5.46. The lowest BCUT2D eigenvalue weighted by Crippen LogP contribution is -2.44. The van der Waals surface area contributed by atoms with E-state index in [4.69, 9.17) is 0 Å². The average Bonchev–Trinajstić information content (AvgIpc) is 2.73. The van der Waals surface area contributed by atoms with Crippen molar-refractivity contribution in [2.45, 2.75) is 45.3 Å². The Labute approximate surface area is 97.4 Å². The molecule has 0 saturated carbocycles. The van der Waals surface area contributed by atoms with E-state index >= 15 is 0 Å². The standard InChI is InChI=1S/C12H22N4/c1-10(2)15-11-3-5-16(6-4-11)8-12-7-13-9-14-12/h7,9-11,15H,3-6,8H2,1-2H3,(H,13,14). The van der Waals surface area contributed by atoms with Gasteiger partial charge in [0.15, 0.2) is 0 Å². The quantitative estimate of drug-likeness (QED) is 0.808. The van der Waals surface area contributed by atoms with Crippen LogP contribution in [0.25, 0.3) is 0 Å². The minimum atomic E-state index is 0.601. The molecule has 2 rings (SSSR count). The lowest BCUT2D eigenvalue weighted by atomic mass is 10.0. The van der Waals surface area contributed by atoms with E-state index in [1.807, 2.05) is 6.20 Å². The summed E-state index contributed by atoms with van der Waals surface area (Å²) in [6.45, 7) is 7.81. The molecule has 1 saturated heterocycles. The molecule has 0 aromatic carbocycles. The van der Waals surface area contributed by atoms with Crippen LogP contribution in [0.2, 0.25) is 0 Å². The van der Waals surface area contributed by atoms with Crippen LogP contribution in [0, 0.1) is 0 Å². The van der Waals surface area contributed by atoms with Crippen LogP contribution >= 0.6 is 0 Å². The van der Waals surface area contributed by atoms with Crippen molar-refractivity contribution in [3.05, 3.63) is 18.2 Å². The summed E-state index contributed by atoms with van der Waals surface area (Å²) >= 11 is 0. The van der Waals surface area contributed by atoms with Crippen molar-refractivity contribution in [2.75, 3.05) is 13.1 Å². The largest absolute Gasteiger partial charge is 0.347 e. The molecule has 1 aromatic heterocycles. The molecule has 90 valence electrons. The maximum atomic E-state index is 4.05. The van der Waals surface area contributed by atoms with Crippen molar-refractivity contribution in [1.82, 2.24) is 20.2 Å². The van der Waals surface area contributed by atoms with Gasteiger partial charge in [-0.1, -0.05) is 13.8 Å². The molecule has 1 fully saturated rings. The van der Waals surface area contributed by atoms with Gasteiger partial charge in [0, 0.05) is 43.6 Å². The lowest BCUT2D eigenvalue weighted by Gasteiger charge is -2.33. The fourth-order valence-corrected chi connectivity index (χ4v) is 2.34. The SMILES string of the molecule is CC(C)NC1CCN(Cc2cnc[nH]2)CC1. The van der Waals surface area contributed by atoms with Crippen LogP contribution in [0.1, 0.15) is 32.4 Å². The average molecular weight is 222 g/mol. The van der Waals surface area contributed by atoms with Gasteiger partial charge in [-0.15, -0.1) is 0 Å². The summed E-state index contributed by atoms with van der Waals surface area (Å²) in [5.41, 5.74) is 1.22. The van der Waals surface area contributed by atoms with Crippen LogP contribution in [0.15, 0.2) is 12.5 Å². The van der Waals surface area contributed by atoms with Crippen molar-refractivity contribution in [3.8, 4) is 0 Å². The number of aromatic amines is 1. The van der Waals surface area contributed by atoms with Crippen LogP contribution < -0.4 is 5.32 Å². The predicted octanol–water partition coefficient (Wildman–Crippen LogP) is 1.37. The number of likely N-dealkylation sites (tertiary alicyclic amines) is 1. The Hall–Kier alpha value is -0.870. The van der Waals surface area contributed by atoms with E-state index in [0.717, 1.165) is 6.54 Å². The molecular formula is C12H22N4. The summed E-state index contributed by atoms with van der Waals surface area (Å²) in [7, 11) is 0. The zero-order valence-electron chi connectivity index (χ0n) is 10.2. The van der Waals surface area contributed by atoms with E-state index in [2.05, 4.69) is 34.0 Å². The molecular weight excluding hydrogens is 200 g/mol. The predicted molar refractivity (Wildman–Crippen MR) is 65.2 cm³/mol. The molecule has 1 aromatic rings. The number of nitrogens with one attached hydrogen (secondary N) is 2. The van der Waals surface area contributed by atoms with Gasteiger partial charge in [-0.05, 0) is 12.8 Å². The highest BCUT2D eigenvalue weighted by Crippen LogP contribution is 2.13. The van der Waals surface area contributed by atoms with Gasteiger partial charge in [0.25, 0.3) is 0 Å². The Morgan fingerprint density at radius 1 is 1.50 bits per heavy atom. The van der Waals surface area contributed by atoms with Crippen LogP contribution in [0.4, 0.5) is 0 Å². The van der Waals surface area contributed by atoms with Crippen molar-refractivity contribution in [1.29, 1.82) is 0 Å². The molecule has 0 radical (unpaired) electrons. The van der Waals surface area contributed by atoms with Crippen molar-refractivity contribution in [2.24, 2.45) is 0 Å². The molecule has 0 bridgehead atoms. The Kier molecular flexibility index (Phi) is 3.96. The molecule has 2 N–H and O–H groups in total. The fourth-order valence-electron chi connectivity index (χ4n) is 2.34. The first-order chi connectivity index (χ1) is 7.74. The zero-order valence-corrected chi connectivity index (χ0v) is 10.2. The number of nitrogens with zero attached hydrogens (tertiary/aromatic N) is 2. The summed E-state index contributed by atoms with van der Waals surface area (Å²) in [5, 5.41) is 3.61. The molecule has 0 aliphatic carbocycles. The zero-order chi connectivity index (χ0) is 11.4. The first-order valence-electron chi connectivity index (χ1n) is 6.19. The van der Waals surface area contributed by atoms with Gasteiger partial charge in [0.05, 0.1) is 6.33 Å². The number of hydrogen-bond donors (Lipinski definition) is 2. The second-order valence-electron chi connectivity index (χ2n) is 4.95. The first kappa shape index (κ1) is 11.6. The van der Waals surface area contributed by atoms with Gasteiger partial charge in [0.1, 0.15) is 0 Å². The van der Waals surface area contributed by atoms with E-state index in [0.29, 0.717) is 12.1 Å². The van der Waals surface area contributed by atoms with Crippen molar-refractivity contribution < 1.29 is 0 Å². The molecule has 16 heavy (non-hydrogen) atoms. The number of H-pyrrole nitrogens is 1. The van der Waals surface area contributed by atoms with Gasteiger partial charge < -0.3 is 10.3 Å². The topological polar surface area (TPSA) is 44.0 Å². The Balaban J connectivity index is 1.73. The third-order valence-electron chi connectivity index (χ3n) is 3.11. The molecule has 0 unspecified atom stereocenters. The van der Waals surface area contributed by atoms with Gasteiger partial charge in [0.2, 0.25) is 0 Å². The highest BCUT2D eigenvalue weighted by molar-refractivity contribution is 4.94. The molecule has 2 heterocycles. The molecule has 0 spiro atoms. The third-order valence-corrected chi connectivity index (χ3v) is 3.11. The van der Waals surface area contributed by atoms with Crippen LogP contribution in [-0.4, -0.2) is 40.0 Å². The molecule has 1 aliphatic rings. The third kappa shape index (κ3) is 3.32. The maximum Gasteiger partial charge on any atom is 0.0922 e. The molecule has 0 atom stereocenters. The number of hydrogen-bond acceptors (Lipinski definition) is 3. The van der Waals surface area contributed by atoms with E-state index in [1.54, 1.807) is 6.33 Å². The van der Waals surface area contributed by atoms with Gasteiger partial charge in [-0.2, -0.15) is 0 Å². The van der Waals surface area contributed by atoms with Crippen LogP contribution in [-0.2, 0) is 6.54 Å². The minimum Gasteiger partial charge on any atom is -0.347 e. The van der Waals surface area contributed by atoms with E-state index in [-0.39, 0.29) is 0 Å². The van der Waals surface area contributed by atoms with Crippen molar-refractivity contribution in [3.63, 3.8) is 0 Å². The summed E-state index contributed by atoms with van der Waals surface area (Å²) in [4.78, 5) is 9.70. The number of piperidine rings is 1. The highest BCUT2D eigenvalue weighted by atomic mass is 15.2. The second-order valence-corrected chi connectivity index (χ2v) is 4.95. The number of aromatic nitrogens is 2. The number of imidazole rings is 1. The van der Waals surface area contributed by atoms with Crippen molar-refractivity contribution >= 4 is 0 Å². The number of rotatable bonds is 4. The fraction of sp³-hybridized carbons (Fsp3) is 0.750. The molecule has 0 amide bonds. The minimum absolute atomic E-state index is 0.601. The van der Waals surface area contributed by atoms with E-state index in [1.165, 1.54) is 31.6 Å². The van der Waals surface area contributed by atoms with E-state index < -0.39 is 0 Å². The summed E-state index contributed by atoms with van der Waals surface area (Å²) in [6, 6.07) is 1.31. The lowest BCUT2D eigenvalue weighted by molar-refractivity contribution is 0.185. The molecule has 4 heteroatoms. The summed E-state index contributed by atoms with van der Waals surface area (Å²) in [5.74, 6) is 0. The first-order valence-corrected chi connectivity index (χ1v) is 6.19. The van der Waals surface area contributed by atoms with Gasteiger partial charge in [-0.3, -0.25) is 4.90 Å². The smallest absolute Gasteiger partial charge is 0.0922 e.